The lowest BCUT2D eigenvalue weighted by Crippen LogP contribution is -2.49. The van der Waals surface area contributed by atoms with Crippen LogP contribution in [0.15, 0.2) is 6.07 Å². The first kappa shape index (κ1) is 17.3. The van der Waals surface area contributed by atoms with E-state index >= 15 is 0 Å². The molecule has 1 fully saturated rings. The van der Waals surface area contributed by atoms with Gasteiger partial charge in [-0.2, -0.15) is 5.10 Å². The average Bonchev–Trinajstić information content (AvgIpc) is 2.71. The van der Waals surface area contributed by atoms with E-state index in [1.54, 1.807) is 16.6 Å². The Balaban J connectivity index is 1.91. The van der Waals surface area contributed by atoms with E-state index in [4.69, 9.17) is 0 Å². The number of likely N-dealkylation sites (tertiary alicyclic amines) is 1. The minimum atomic E-state index is -0.261. The van der Waals surface area contributed by atoms with Gasteiger partial charge in [0.25, 0.3) is 0 Å². The third kappa shape index (κ3) is 4.97. The zero-order valence-corrected chi connectivity index (χ0v) is 14.6. The Kier molecular flexibility index (Phi) is 4.97. The minimum Gasteiger partial charge on any atom is -0.344 e. The predicted octanol–water partition coefficient (Wildman–Crippen LogP) is 1.75. The fourth-order valence-electron chi connectivity index (χ4n) is 2.74. The normalized spacial score (nSPS) is 18.9. The van der Waals surface area contributed by atoms with E-state index in [1.165, 1.54) is 0 Å². The van der Waals surface area contributed by atoms with Crippen molar-refractivity contribution in [3.05, 3.63) is 11.8 Å². The van der Waals surface area contributed by atoms with Crippen LogP contribution < -0.4 is 10.6 Å². The largest absolute Gasteiger partial charge is 0.344 e. The number of nitrogens with one attached hydrogen (secondary N) is 2. The molecule has 0 aliphatic carbocycles. The Morgan fingerprint density at radius 2 is 2.09 bits per heavy atom. The Morgan fingerprint density at radius 1 is 1.39 bits per heavy atom. The molecule has 0 saturated carbocycles. The molecule has 128 valence electrons. The summed E-state index contributed by atoms with van der Waals surface area (Å²) in [7, 11) is 3.57. The van der Waals surface area contributed by atoms with Gasteiger partial charge in [0.05, 0.1) is 5.69 Å². The summed E-state index contributed by atoms with van der Waals surface area (Å²) in [5, 5.41) is 10.2. The number of likely N-dealkylation sites (N-methyl/N-ethyl adjacent to an activating group) is 1. The highest BCUT2D eigenvalue weighted by molar-refractivity contribution is 5.88. The number of piperidine rings is 1. The van der Waals surface area contributed by atoms with Gasteiger partial charge in [-0.05, 0) is 18.3 Å². The summed E-state index contributed by atoms with van der Waals surface area (Å²) >= 11 is 0. The average molecular weight is 321 g/mol. The highest BCUT2D eigenvalue weighted by Gasteiger charge is 2.24. The van der Waals surface area contributed by atoms with Crippen molar-refractivity contribution in [2.75, 3.05) is 18.9 Å². The standard InChI is InChI=1S/C16H27N5O2/c1-16(2,3)9-12-8-13(21(5)19-12)18-15(23)17-11-6-7-14(22)20(4)10-11/h8,11H,6-7,9-10H2,1-5H3,(H2,17,18,23)/t11-/m0/s1. The molecule has 1 aromatic heterocycles. The van der Waals surface area contributed by atoms with E-state index < -0.39 is 0 Å². The molecule has 0 aromatic carbocycles. The van der Waals surface area contributed by atoms with Gasteiger partial charge < -0.3 is 10.2 Å². The Labute approximate surface area is 137 Å². The van der Waals surface area contributed by atoms with Crippen LogP contribution in [0.1, 0.15) is 39.3 Å². The molecule has 1 aliphatic heterocycles. The second-order valence-corrected chi connectivity index (χ2v) is 7.49. The van der Waals surface area contributed by atoms with Crippen LogP contribution in [0.2, 0.25) is 0 Å². The third-order valence-corrected chi connectivity index (χ3v) is 3.85. The fraction of sp³-hybridized carbons (Fsp3) is 0.688. The van der Waals surface area contributed by atoms with Crippen LogP contribution in [0.3, 0.4) is 0 Å². The van der Waals surface area contributed by atoms with E-state index in [0.29, 0.717) is 25.2 Å². The molecule has 2 heterocycles. The van der Waals surface area contributed by atoms with E-state index in [2.05, 4.69) is 36.5 Å². The van der Waals surface area contributed by atoms with Gasteiger partial charge in [-0.3, -0.25) is 14.8 Å². The van der Waals surface area contributed by atoms with E-state index in [9.17, 15) is 9.59 Å². The SMILES string of the molecule is CN1C[C@@H](NC(=O)Nc2cc(CC(C)(C)C)nn2C)CCC1=O. The zero-order chi connectivity index (χ0) is 17.2. The van der Waals surface area contributed by atoms with Gasteiger partial charge in [-0.15, -0.1) is 0 Å². The number of carbonyl (C=O) groups is 2. The highest BCUT2D eigenvalue weighted by atomic mass is 16.2. The number of urea groups is 1. The van der Waals surface area contributed by atoms with E-state index in [1.807, 2.05) is 13.1 Å². The molecule has 0 spiro atoms. The molecule has 1 atom stereocenters. The molecule has 0 radical (unpaired) electrons. The van der Waals surface area contributed by atoms with Crippen molar-refractivity contribution in [2.45, 2.75) is 46.1 Å². The quantitative estimate of drug-likeness (QED) is 0.890. The molecule has 23 heavy (non-hydrogen) atoms. The van der Waals surface area contributed by atoms with Gasteiger partial charge in [0.1, 0.15) is 5.82 Å². The minimum absolute atomic E-state index is 0.0139. The van der Waals surface area contributed by atoms with Gasteiger partial charge in [-0.25, -0.2) is 4.79 Å². The monoisotopic (exact) mass is 321 g/mol. The van der Waals surface area contributed by atoms with Crippen molar-refractivity contribution in [3.63, 3.8) is 0 Å². The zero-order valence-electron chi connectivity index (χ0n) is 14.6. The smallest absolute Gasteiger partial charge is 0.320 e. The van der Waals surface area contributed by atoms with Crippen molar-refractivity contribution in [2.24, 2.45) is 12.5 Å². The van der Waals surface area contributed by atoms with Crippen molar-refractivity contribution in [1.82, 2.24) is 20.0 Å². The van der Waals surface area contributed by atoms with Crippen LogP contribution in [0, 0.1) is 5.41 Å². The van der Waals surface area contributed by atoms with E-state index in [0.717, 1.165) is 12.1 Å². The summed E-state index contributed by atoms with van der Waals surface area (Å²) in [6.07, 6.45) is 2.00. The first-order chi connectivity index (χ1) is 10.6. The Hall–Kier alpha value is -2.05. The summed E-state index contributed by atoms with van der Waals surface area (Å²) in [6, 6.07) is 1.63. The van der Waals surface area contributed by atoms with Crippen LogP contribution in [-0.2, 0) is 18.3 Å². The molecule has 2 N–H and O–H groups in total. The van der Waals surface area contributed by atoms with Gasteiger partial charge in [0.2, 0.25) is 5.91 Å². The number of nitrogens with zero attached hydrogens (tertiary/aromatic N) is 3. The first-order valence-electron chi connectivity index (χ1n) is 7.98. The molecule has 1 aromatic rings. The summed E-state index contributed by atoms with van der Waals surface area (Å²) in [5.41, 5.74) is 1.10. The van der Waals surface area contributed by atoms with Crippen LogP contribution in [0.4, 0.5) is 10.6 Å². The number of rotatable bonds is 3. The number of amides is 3. The topological polar surface area (TPSA) is 79.3 Å². The second kappa shape index (κ2) is 6.60. The maximum absolute atomic E-state index is 12.1. The van der Waals surface area contributed by atoms with Crippen molar-refractivity contribution < 1.29 is 9.59 Å². The van der Waals surface area contributed by atoms with Gasteiger partial charge in [0.15, 0.2) is 0 Å². The number of hydrogen-bond acceptors (Lipinski definition) is 3. The maximum Gasteiger partial charge on any atom is 0.320 e. The van der Waals surface area contributed by atoms with Crippen molar-refractivity contribution >= 4 is 17.8 Å². The van der Waals surface area contributed by atoms with Gasteiger partial charge in [0, 0.05) is 39.2 Å². The lowest BCUT2D eigenvalue weighted by Gasteiger charge is -2.30. The summed E-state index contributed by atoms with van der Waals surface area (Å²) in [5.74, 6) is 0.795. The van der Waals surface area contributed by atoms with Crippen LogP contribution in [-0.4, -0.2) is 46.3 Å². The Morgan fingerprint density at radius 3 is 2.70 bits per heavy atom. The second-order valence-electron chi connectivity index (χ2n) is 7.49. The summed E-state index contributed by atoms with van der Waals surface area (Å²) in [6.45, 7) is 7.01. The number of carbonyl (C=O) groups excluding carboxylic acids is 2. The molecular formula is C16H27N5O2. The first-order valence-corrected chi connectivity index (χ1v) is 7.98. The summed E-state index contributed by atoms with van der Waals surface area (Å²) < 4.78 is 1.68. The molecule has 1 aliphatic rings. The lowest BCUT2D eigenvalue weighted by atomic mass is 9.91. The number of anilines is 1. The van der Waals surface area contributed by atoms with Gasteiger partial charge >= 0.3 is 6.03 Å². The van der Waals surface area contributed by atoms with Crippen LogP contribution >= 0.6 is 0 Å². The Bertz CT molecular complexity index is 588. The maximum atomic E-state index is 12.1. The van der Waals surface area contributed by atoms with Crippen LogP contribution in [0.5, 0.6) is 0 Å². The molecule has 0 unspecified atom stereocenters. The molecule has 3 amide bonds. The highest BCUT2D eigenvalue weighted by Crippen LogP contribution is 2.21. The predicted molar refractivity (Wildman–Crippen MR) is 89.2 cm³/mol. The van der Waals surface area contributed by atoms with Gasteiger partial charge in [-0.1, -0.05) is 20.8 Å². The molecule has 1 saturated heterocycles. The van der Waals surface area contributed by atoms with E-state index in [-0.39, 0.29) is 23.4 Å². The molecule has 7 heteroatoms. The third-order valence-electron chi connectivity index (χ3n) is 3.85. The molecular weight excluding hydrogens is 294 g/mol. The fourth-order valence-corrected chi connectivity index (χ4v) is 2.74. The molecule has 0 bridgehead atoms. The van der Waals surface area contributed by atoms with Crippen molar-refractivity contribution in [3.8, 4) is 0 Å². The van der Waals surface area contributed by atoms with Crippen molar-refractivity contribution in [1.29, 1.82) is 0 Å². The lowest BCUT2D eigenvalue weighted by molar-refractivity contribution is -0.132. The summed E-state index contributed by atoms with van der Waals surface area (Å²) in [4.78, 5) is 25.3. The number of aromatic nitrogens is 2. The number of hydrogen-bond donors (Lipinski definition) is 2. The number of aryl methyl sites for hydroxylation is 1. The molecule has 7 nitrogen and oxygen atoms in total. The molecule has 2 rings (SSSR count). The van der Waals surface area contributed by atoms with Crippen LogP contribution in [0.25, 0.3) is 0 Å².